The van der Waals surface area contributed by atoms with Crippen LogP contribution in [0.2, 0.25) is 0 Å². The first kappa shape index (κ1) is 17.4. The van der Waals surface area contributed by atoms with Crippen molar-refractivity contribution in [3.05, 3.63) is 53.6 Å². The lowest BCUT2D eigenvalue weighted by atomic mass is 10.1. The molecule has 2 amide bonds. The Morgan fingerprint density at radius 1 is 1.15 bits per heavy atom. The van der Waals surface area contributed by atoms with Crippen LogP contribution in [0.5, 0.6) is 0 Å². The Morgan fingerprint density at radius 2 is 2.00 bits per heavy atom. The molecule has 6 nitrogen and oxygen atoms in total. The normalized spacial score (nSPS) is 15.0. The summed E-state index contributed by atoms with van der Waals surface area (Å²) in [7, 11) is 0. The molecule has 3 N–H and O–H groups in total. The molecule has 0 bridgehead atoms. The molecule has 4 rings (SSSR count). The van der Waals surface area contributed by atoms with Crippen LogP contribution in [0.15, 0.2) is 41.0 Å². The first-order valence-corrected chi connectivity index (χ1v) is 9.40. The number of rotatable bonds is 4. The maximum atomic E-state index is 12.5. The van der Waals surface area contributed by atoms with Gasteiger partial charge in [0.15, 0.2) is 5.76 Å². The average molecular weight is 365 g/mol. The monoisotopic (exact) mass is 365 g/mol. The molecule has 1 aliphatic carbocycles. The number of aromatic amines is 1. The number of nitrogens with one attached hydrogen (secondary N) is 3. The van der Waals surface area contributed by atoms with E-state index >= 15 is 0 Å². The zero-order valence-electron chi connectivity index (χ0n) is 15.3. The Morgan fingerprint density at radius 3 is 2.81 bits per heavy atom. The highest BCUT2D eigenvalue weighted by Gasteiger charge is 2.19. The molecule has 0 unspecified atom stereocenters. The molecule has 0 saturated heterocycles. The van der Waals surface area contributed by atoms with Crippen LogP contribution in [-0.2, 0) is 17.6 Å². The number of hydrogen-bond donors (Lipinski definition) is 3. The Kier molecular flexibility index (Phi) is 4.71. The average Bonchev–Trinajstić information content (AvgIpc) is 3.24. The first-order chi connectivity index (χ1) is 13.1. The van der Waals surface area contributed by atoms with Gasteiger partial charge in [0.25, 0.3) is 5.91 Å². The van der Waals surface area contributed by atoms with E-state index in [1.54, 1.807) is 19.1 Å². The van der Waals surface area contributed by atoms with Gasteiger partial charge in [-0.2, -0.15) is 0 Å². The number of aromatic nitrogens is 1. The number of anilines is 1. The van der Waals surface area contributed by atoms with Gasteiger partial charge in [0.2, 0.25) is 5.91 Å². The lowest BCUT2D eigenvalue weighted by Gasteiger charge is -2.13. The van der Waals surface area contributed by atoms with Gasteiger partial charge in [-0.25, -0.2) is 0 Å². The quantitative estimate of drug-likeness (QED) is 0.615. The SMILES string of the molecule is C[C@H](NC(=O)c1ccco1)C(=O)Nc1ccc2[nH]c3c(c2c1)CCCCC3. The summed E-state index contributed by atoms with van der Waals surface area (Å²) in [5.74, 6) is -0.490. The van der Waals surface area contributed by atoms with Crippen molar-refractivity contribution < 1.29 is 14.0 Å². The fourth-order valence-electron chi connectivity index (χ4n) is 3.65. The van der Waals surface area contributed by atoms with Gasteiger partial charge in [-0.05, 0) is 68.5 Å². The largest absolute Gasteiger partial charge is 0.459 e. The Hall–Kier alpha value is -3.02. The molecule has 0 saturated carbocycles. The van der Waals surface area contributed by atoms with E-state index in [0.717, 1.165) is 24.0 Å². The number of benzene rings is 1. The summed E-state index contributed by atoms with van der Waals surface area (Å²) in [5, 5.41) is 6.72. The van der Waals surface area contributed by atoms with Crippen LogP contribution in [0, 0.1) is 0 Å². The number of carbonyl (C=O) groups is 2. The molecule has 1 aliphatic rings. The summed E-state index contributed by atoms with van der Waals surface area (Å²) in [4.78, 5) is 28.0. The predicted molar refractivity (Wildman–Crippen MR) is 104 cm³/mol. The molecule has 0 fully saturated rings. The smallest absolute Gasteiger partial charge is 0.287 e. The number of fused-ring (bicyclic) bond motifs is 3. The molecule has 0 aliphatic heterocycles. The van der Waals surface area contributed by atoms with Crippen LogP contribution in [-0.4, -0.2) is 22.8 Å². The van der Waals surface area contributed by atoms with E-state index in [1.165, 1.54) is 42.2 Å². The molecule has 140 valence electrons. The second kappa shape index (κ2) is 7.31. The van der Waals surface area contributed by atoms with E-state index < -0.39 is 11.9 Å². The maximum Gasteiger partial charge on any atom is 0.287 e. The maximum absolute atomic E-state index is 12.5. The number of H-pyrrole nitrogens is 1. The van der Waals surface area contributed by atoms with E-state index in [9.17, 15) is 9.59 Å². The summed E-state index contributed by atoms with van der Waals surface area (Å²) >= 11 is 0. The zero-order valence-corrected chi connectivity index (χ0v) is 15.3. The highest BCUT2D eigenvalue weighted by molar-refractivity contribution is 6.01. The molecule has 27 heavy (non-hydrogen) atoms. The van der Waals surface area contributed by atoms with Crippen LogP contribution in [0.4, 0.5) is 5.69 Å². The standard InChI is InChI=1S/C21H23N3O3/c1-13(22-21(26)19-8-5-11-27-19)20(25)23-14-9-10-18-16(12-14)15-6-3-2-4-7-17(15)24-18/h5,8-13,24H,2-4,6-7H2,1H3,(H,22,26)(H,23,25)/t13-/m0/s1. The van der Waals surface area contributed by atoms with E-state index in [-0.39, 0.29) is 11.7 Å². The minimum absolute atomic E-state index is 0.186. The third-order valence-electron chi connectivity index (χ3n) is 5.10. The van der Waals surface area contributed by atoms with Crippen LogP contribution >= 0.6 is 0 Å². The van der Waals surface area contributed by atoms with Crippen molar-refractivity contribution in [3.63, 3.8) is 0 Å². The molecule has 0 spiro atoms. The second-order valence-electron chi connectivity index (χ2n) is 7.06. The molecule has 0 radical (unpaired) electrons. The van der Waals surface area contributed by atoms with Gasteiger partial charge in [0.1, 0.15) is 6.04 Å². The van der Waals surface area contributed by atoms with E-state index in [2.05, 4.69) is 15.6 Å². The van der Waals surface area contributed by atoms with Gasteiger partial charge in [-0.15, -0.1) is 0 Å². The van der Waals surface area contributed by atoms with Gasteiger partial charge in [0.05, 0.1) is 6.26 Å². The van der Waals surface area contributed by atoms with Crippen molar-refractivity contribution in [1.29, 1.82) is 0 Å². The Balaban J connectivity index is 1.48. The predicted octanol–water partition coefficient (Wildman–Crippen LogP) is 3.79. The van der Waals surface area contributed by atoms with Gasteiger partial charge in [0, 0.05) is 22.3 Å². The second-order valence-corrected chi connectivity index (χ2v) is 7.06. The van der Waals surface area contributed by atoms with Crippen molar-refractivity contribution >= 4 is 28.4 Å². The number of aryl methyl sites for hydroxylation is 2. The molecule has 1 aromatic carbocycles. The van der Waals surface area contributed by atoms with Gasteiger partial charge >= 0.3 is 0 Å². The fourth-order valence-corrected chi connectivity index (χ4v) is 3.65. The fraction of sp³-hybridized carbons (Fsp3) is 0.333. The van der Waals surface area contributed by atoms with E-state index in [1.807, 2.05) is 18.2 Å². The zero-order chi connectivity index (χ0) is 18.8. The van der Waals surface area contributed by atoms with Crippen molar-refractivity contribution in [1.82, 2.24) is 10.3 Å². The highest BCUT2D eigenvalue weighted by Crippen LogP contribution is 2.30. The van der Waals surface area contributed by atoms with Gasteiger partial charge < -0.3 is 20.0 Å². The lowest BCUT2D eigenvalue weighted by molar-refractivity contribution is -0.117. The molecule has 1 atom stereocenters. The minimum atomic E-state index is -0.679. The van der Waals surface area contributed by atoms with Crippen molar-refractivity contribution in [2.24, 2.45) is 0 Å². The summed E-state index contributed by atoms with van der Waals surface area (Å²) in [6.45, 7) is 1.65. The summed E-state index contributed by atoms with van der Waals surface area (Å²) in [6.07, 6.45) is 7.26. The van der Waals surface area contributed by atoms with Crippen LogP contribution in [0.1, 0.15) is 48.0 Å². The Labute approximate surface area is 157 Å². The van der Waals surface area contributed by atoms with Crippen molar-refractivity contribution in [2.45, 2.75) is 45.1 Å². The number of amides is 2. The van der Waals surface area contributed by atoms with Crippen molar-refractivity contribution in [3.8, 4) is 0 Å². The molecule has 2 aromatic heterocycles. The van der Waals surface area contributed by atoms with Crippen molar-refractivity contribution in [2.75, 3.05) is 5.32 Å². The van der Waals surface area contributed by atoms with Crippen LogP contribution < -0.4 is 10.6 Å². The molecular weight excluding hydrogens is 342 g/mol. The number of carbonyl (C=O) groups excluding carboxylic acids is 2. The first-order valence-electron chi connectivity index (χ1n) is 9.40. The topological polar surface area (TPSA) is 87.1 Å². The third kappa shape index (κ3) is 3.60. The van der Waals surface area contributed by atoms with E-state index in [0.29, 0.717) is 0 Å². The summed E-state index contributed by atoms with van der Waals surface area (Å²) in [6, 6.07) is 8.43. The molecule has 3 aromatic rings. The molecule has 6 heteroatoms. The third-order valence-corrected chi connectivity index (χ3v) is 5.10. The highest BCUT2D eigenvalue weighted by atomic mass is 16.3. The molecule has 2 heterocycles. The Bertz CT molecular complexity index is 972. The van der Waals surface area contributed by atoms with Gasteiger partial charge in [-0.1, -0.05) is 6.42 Å². The minimum Gasteiger partial charge on any atom is -0.459 e. The summed E-state index contributed by atoms with van der Waals surface area (Å²) in [5.41, 5.74) is 4.54. The molecular formula is C21H23N3O3. The lowest BCUT2D eigenvalue weighted by Crippen LogP contribution is -2.41. The summed E-state index contributed by atoms with van der Waals surface area (Å²) < 4.78 is 5.05. The van der Waals surface area contributed by atoms with Gasteiger partial charge in [-0.3, -0.25) is 9.59 Å². The van der Waals surface area contributed by atoms with Crippen LogP contribution in [0.25, 0.3) is 10.9 Å². The number of hydrogen-bond acceptors (Lipinski definition) is 3. The number of furan rings is 1. The van der Waals surface area contributed by atoms with Crippen LogP contribution in [0.3, 0.4) is 0 Å². The van der Waals surface area contributed by atoms with E-state index in [4.69, 9.17) is 4.42 Å².